The van der Waals surface area contributed by atoms with E-state index in [9.17, 15) is 4.79 Å². The largest absolute Gasteiger partial charge is 0.480 e. The molecule has 22 heavy (non-hydrogen) atoms. The van der Waals surface area contributed by atoms with Crippen LogP contribution in [0.4, 0.5) is 0 Å². The molecule has 122 valence electrons. The second-order valence-corrected chi connectivity index (χ2v) is 6.45. The lowest BCUT2D eigenvalue weighted by molar-refractivity contribution is 0.0921. The molecule has 1 saturated heterocycles. The lowest BCUT2D eigenvalue weighted by Crippen LogP contribution is -2.46. The van der Waals surface area contributed by atoms with Crippen LogP contribution in [0.2, 0.25) is 0 Å². The SMILES string of the molecule is CCN1CCN(C)C[C@@H](NC(=O)c2cc(Br)cnc2OC)C1. The third kappa shape index (κ3) is 4.41. The van der Waals surface area contributed by atoms with E-state index in [1.54, 1.807) is 12.3 Å². The van der Waals surface area contributed by atoms with Crippen LogP contribution in [-0.4, -0.2) is 73.6 Å². The van der Waals surface area contributed by atoms with Crippen molar-refractivity contribution in [1.29, 1.82) is 0 Å². The second kappa shape index (κ2) is 7.89. The molecule has 1 aliphatic rings. The van der Waals surface area contributed by atoms with Gasteiger partial charge in [-0.2, -0.15) is 0 Å². The summed E-state index contributed by atoms with van der Waals surface area (Å²) in [6, 6.07) is 1.82. The van der Waals surface area contributed by atoms with E-state index in [1.165, 1.54) is 7.11 Å². The van der Waals surface area contributed by atoms with Crippen LogP contribution >= 0.6 is 15.9 Å². The third-order valence-corrected chi connectivity index (χ3v) is 4.28. The van der Waals surface area contributed by atoms with Crippen LogP contribution in [0.3, 0.4) is 0 Å². The summed E-state index contributed by atoms with van der Waals surface area (Å²) in [7, 11) is 3.60. The number of carbonyl (C=O) groups excluding carboxylic acids is 1. The van der Waals surface area contributed by atoms with Crippen molar-refractivity contribution in [3.63, 3.8) is 0 Å². The predicted molar refractivity (Wildman–Crippen MR) is 89.4 cm³/mol. The van der Waals surface area contributed by atoms with Gasteiger partial charge in [-0.25, -0.2) is 4.98 Å². The highest BCUT2D eigenvalue weighted by Crippen LogP contribution is 2.19. The summed E-state index contributed by atoms with van der Waals surface area (Å²) in [4.78, 5) is 21.3. The summed E-state index contributed by atoms with van der Waals surface area (Å²) in [6.45, 7) is 6.87. The molecule has 1 N–H and O–H groups in total. The van der Waals surface area contributed by atoms with E-state index in [-0.39, 0.29) is 11.9 Å². The lowest BCUT2D eigenvalue weighted by Gasteiger charge is -2.24. The van der Waals surface area contributed by atoms with E-state index in [4.69, 9.17) is 4.74 Å². The monoisotopic (exact) mass is 370 g/mol. The molecular weight excluding hydrogens is 348 g/mol. The number of hydrogen-bond donors (Lipinski definition) is 1. The number of methoxy groups -OCH3 is 1. The van der Waals surface area contributed by atoms with E-state index in [2.05, 4.69) is 50.0 Å². The van der Waals surface area contributed by atoms with Crippen molar-refractivity contribution in [2.24, 2.45) is 0 Å². The Morgan fingerprint density at radius 3 is 2.95 bits per heavy atom. The van der Waals surface area contributed by atoms with Crippen LogP contribution in [0.15, 0.2) is 16.7 Å². The van der Waals surface area contributed by atoms with Gasteiger partial charge in [0.2, 0.25) is 5.88 Å². The Balaban J connectivity index is 2.11. The van der Waals surface area contributed by atoms with E-state index in [1.807, 2.05) is 0 Å². The minimum Gasteiger partial charge on any atom is -0.480 e. The summed E-state index contributed by atoms with van der Waals surface area (Å²) < 4.78 is 5.94. The molecule has 0 aromatic carbocycles. The first-order chi connectivity index (χ1) is 10.5. The fourth-order valence-corrected chi connectivity index (χ4v) is 2.97. The number of aromatic nitrogens is 1. The molecule has 1 aromatic heterocycles. The number of likely N-dealkylation sites (N-methyl/N-ethyl adjacent to an activating group) is 2. The molecule has 1 atom stereocenters. The number of ether oxygens (including phenoxy) is 1. The van der Waals surface area contributed by atoms with Crippen molar-refractivity contribution in [3.8, 4) is 5.88 Å². The van der Waals surface area contributed by atoms with Crippen molar-refractivity contribution in [2.75, 3.05) is 46.9 Å². The average molecular weight is 371 g/mol. The van der Waals surface area contributed by atoms with Gasteiger partial charge < -0.3 is 19.9 Å². The van der Waals surface area contributed by atoms with Crippen LogP contribution in [0.5, 0.6) is 5.88 Å². The van der Waals surface area contributed by atoms with Gasteiger partial charge in [0.1, 0.15) is 5.56 Å². The Kier molecular flexibility index (Phi) is 6.16. The minimum atomic E-state index is -0.151. The summed E-state index contributed by atoms with van der Waals surface area (Å²) in [5.74, 6) is 0.192. The van der Waals surface area contributed by atoms with Gasteiger partial charge in [0.05, 0.1) is 13.2 Å². The first-order valence-electron chi connectivity index (χ1n) is 7.44. The molecule has 0 bridgehead atoms. The van der Waals surface area contributed by atoms with Gasteiger partial charge in [0, 0.05) is 36.8 Å². The highest BCUT2D eigenvalue weighted by Gasteiger charge is 2.23. The van der Waals surface area contributed by atoms with E-state index < -0.39 is 0 Å². The first kappa shape index (κ1) is 17.2. The fourth-order valence-electron chi connectivity index (χ4n) is 2.63. The number of hydrogen-bond acceptors (Lipinski definition) is 5. The van der Waals surface area contributed by atoms with Crippen molar-refractivity contribution in [1.82, 2.24) is 20.1 Å². The van der Waals surface area contributed by atoms with Gasteiger partial charge >= 0.3 is 0 Å². The van der Waals surface area contributed by atoms with E-state index >= 15 is 0 Å². The van der Waals surface area contributed by atoms with Gasteiger partial charge in [-0.15, -0.1) is 0 Å². The van der Waals surface area contributed by atoms with Crippen LogP contribution in [0.1, 0.15) is 17.3 Å². The maximum atomic E-state index is 12.6. The molecule has 6 nitrogen and oxygen atoms in total. The summed E-state index contributed by atoms with van der Waals surface area (Å²) in [5, 5.41) is 3.11. The fraction of sp³-hybridized carbons (Fsp3) is 0.600. The number of nitrogens with zero attached hydrogens (tertiary/aromatic N) is 3. The molecule has 7 heteroatoms. The van der Waals surface area contributed by atoms with Gasteiger partial charge in [-0.3, -0.25) is 4.79 Å². The Morgan fingerprint density at radius 1 is 1.50 bits per heavy atom. The summed E-state index contributed by atoms with van der Waals surface area (Å²) in [5.41, 5.74) is 0.451. The maximum absolute atomic E-state index is 12.6. The first-order valence-corrected chi connectivity index (χ1v) is 8.24. The molecule has 1 amide bonds. The molecule has 2 rings (SSSR count). The van der Waals surface area contributed by atoms with E-state index in [0.29, 0.717) is 11.4 Å². The molecule has 0 spiro atoms. The smallest absolute Gasteiger partial charge is 0.257 e. The number of rotatable bonds is 4. The maximum Gasteiger partial charge on any atom is 0.257 e. The highest BCUT2D eigenvalue weighted by molar-refractivity contribution is 9.10. The van der Waals surface area contributed by atoms with Crippen molar-refractivity contribution < 1.29 is 9.53 Å². The Labute approximate surface area is 140 Å². The second-order valence-electron chi connectivity index (χ2n) is 5.54. The highest BCUT2D eigenvalue weighted by atomic mass is 79.9. The quantitative estimate of drug-likeness (QED) is 0.863. The van der Waals surface area contributed by atoms with E-state index in [0.717, 1.165) is 37.2 Å². The summed E-state index contributed by atoms with van der Waals surface area (Å²) >= 11 is 3.35. The zero-order valence-corrected chi connectivity index (χ0v) is 14.9. The van der Waals surface area contributed by atoms with Crippen LogP contribution < -0.4 is 10.1 Å². The van der Waals surface area contributed by atoms with Crippen LogP contribution in [0, 0.1) is 0 Å². The lowest BCUT2D eigenvalue weighted by atomic mass is 10.2. The average Bonchev–Trinajstić information content (AvgIpc) is 2.68. The molecule has 1 aromatic rings. The Morgan fingerprint density at radius 2 is 2.27 bits per heavy atom. The molecule has 0 unspecified atom stereocenters. The molecule has 1 fully saturated rings. The third-order valence-electron chi connectivity index (χ3n) is 3.85. The molecule has 0 saturated carbocycles. The van der Waals surface area contributed by atoms with Gasteiger partial charge in [-0.05, 0) is 35.6 Å². The van der Waals surface area contributed by atoms with Gasteiger partial charge in [-0.1, -0.05) is 6.92 Å². The number of carbonyl (C=O) groups is 1. The standard InChI is InChI=1S/C15H23BrN4O2/c1-4-20-6-5-19(2)9-12(10-20)18-14(21)13-7-11(16)8-17-15(13)22-3/h7-8,12H,4-6,9-10H2,1-3H3,(H,18,21)/t12-/m1/s1. The molecule has 1 aliphatic heterocycles. The zero-order chi connectivity index (χ0) is 16.1. The predicted octanol–water partition coefficient (Wildman–Crippen LogP) is 1.22. The number of amides is 1. The topological polar surface area (TPSA) is 57.7 Å². The van der Waals surface area contributed by atoms with Crippen LogP contribution in [-0.2, 0) is 0 Å². The molecule has 0 radical (unpaired) electrons. The summed E-state index contributed by atoms with van der Waals surface area (Å²) in [6.07, 6.45) is 1.62. The van der Waals surface area contributed by atoms with Gasteiger partial charge in [0.15, 0.2) is 0 Å². The molecule has 2 heterocycles. The van der Waals surface area contributed by atoms with Crippen molar-refractivity contribution in [3.05, 3.63) is 22.3 Å². The van der Waals surface area contributed by atoms with Gasteiger partial charge in [0.25, 0.3) is 5.91 Å². The number of halogens is 1. The number of pyridine rings is 1. The Hall–Kier alpha value is -1.18. The van der Waals surface area contributed by atoms with Crippen LogP contribution in [0.25, 0.3) is 0 Å². The minimum absolute atomic E-state index is 0.0867. The Bertz CT molecular complexity index is 526. The van der Waals surface area contributed by atoms with Crippen molar-refractivity contribution in [2.45, 2.75) is 13.0 Å². The molecular formula is C15H23BrN4O2. The van der Waals surface area contributed by atoms with Crippen molar-refractivity contribution >= 4 is 21.8 Å². The molecule has 0 aliphatic carbocycles. The zero-order valence-electron chi connectivity index (χ0n) is 13.3. The normalized spacial score (nSPS) is 20.5. The number of nitrogens with one attached hydrogen (secondary N) is 1.